The molecule has 0 aromatic carbocycles. The average Bonchev–Trinajstić information content (AvgIpc) is 2.10. The van der Waals surface area contributed by atoms with Crippen molar-refractivity contribution in [2.75, 3.05) is 26.9 Å². The van der Waals surface area contributed by atoms with E-state index in [-0.39, 0.29) is 12.6 Å². The molecule has 0 aliphatic heterocycles. The number of rotatable bonds is 7. The average molecular weight is 176 g/mol. The second-order valence-corrected chi connectivity index (χ2v) is 2.37. The second-order valence-electron chi connectivity index (χ2n) is 2.37. The fourth-order valence-electron chi connectivity index (χ4n) is 0.742. The van der Waals surface area contributed by atoms with Gasteiger partial charge in [0.2, 0.25) is 0 Å². The molecular weight excluding hydrogens is 160 g/mol. The van der Waals surface area contributed by atoms with Crippen molar-refractivity contribution in [1.29, 1.82) is 0 Å². The summed E-state index contributed by atoms with van der Waals surface area (Å²) in [6.07, 6.45) is 2.05. The van der Waals surface area contributed by atoms with Gasteiger partial charge in [0.05, 0.1) is 20.3 Å². The molecule has 4 heteroatoms. The molecule has 0 saturated carbocycles. The van der Waals surface area contributed by atoms with Gasteiger partial charge >= 0.3 is 5.97 Å². The molecule has 0 heterocycles. The highest BCUT2D eigenvalue weighted by Gasteiger charge is 1.98. The first-order valence-electron chi connectivity index (χ1n) is 4.06. The fraction of sp³-hybridized carbons (Fsp3) is 0.875. The maximum Gasteiger partial charge on any atom is 0.305 e. The number of carbonyl (C=O) groups excluding carboxylic acids is 1. The standard InChI is InChI=1S/C8H16O4/c1-11-8(10)4-2-3-6-12-7-5-9/h9H,2-7H2,1H3. The van der Waals surface area contributed by atoms with Gasteiger partial charge in [-0.05, 0) is 12.8 Å². The summed E-state index contributed by atoms with van der Waals surface area (Å²) in [5.41, 5.74) is 0. The number of aliphatic hydroxyl groups excluding tert-OH is 1. The molecule has 1 N–H and O–H groups in total. The molecule has 0 fully saturated rings. The van der Waals surface area contributed by atoms with Crippen LogP contribution in [0.25, 0.3) is 0 Å². The van der Waals surface area contributed by atoms with Gasteiger partial charge in [0, 0.05) is 13.0 Å². The topological polar surface area (TPSA) is 55.8 Å². The Bertz CT molecular complexity index is 114. The van der Waals surface area contributed by atoms with E-state index < -0.39 is 0 Å². The van der Waals surface area contributed by atoms with Crippen LogP contribution in [0.3, 0.4) is 0 Å². The van der Waals surface area contributed by atoms with Crippen molar-refractivity contribution >= 4 is 5.97 Å². The van der Waals surface area contributed by atoms with E-state index in [1.54, 1.807) is 0 Å². The van der Waals surface area contributed by atoms with Gasteiger partial charge in [0.15, 0.2) is 0 Å². The van der Waals surface area contributed by atoms with E-state index in [1.807, 2.05) is 0 Å². The van der Waals surface area contributed by atoms with Crippen LogP contribution in [-0.2, 0) is 14.3 Å². The molecule has 0 bridgehead atoms. The molecule has 0 amide bonds. The Balaban J connectivity index is 2.95. The molecule has 0 aliphatic rings. The molecule has 0 aliphatic carbocycles. The Kier molecular flexibility index (Phi) is 8.05. The Morgan fingerprint density at radius 1 is 1.33 bits per heavy atom. The van der Waals surface area contributed by atoms with Gasteiger partial charge in [0.1, 0.15) is 0 Å². The SMILES string of the molecule is COC(=O)CCCCOCCO. The van der Waals surface area contributed by atoms with E-state index in [9.17, 15) is 4.79 Å². The van der Waals surface area contributed by atoms with Gasteiger partial charge in [-0.25, -0.2) is 0 Å². The zero-order chi connectivity index (χ0) is 9.23. The number of hydrogen-bond acceptors (Lipinski definition) is 4. The first-order valence-corrected chi connectivity index (χ1v) is 4.06. The lowest BCUT2D eigenvalue weighted by atomic mass is 10.2. The van der Waals surface area contributed by atoms with Gasteiger partial charge in [-0.15, -0.1) is 0 Å². The normalized spacial score (nSPS) is 9.83. The lowest BCUT2D eigenvalue weighted by molar-refractivity contribution is -0.140. The smallest absolute Gasteiger partial charge is 0.305 e. The maximum atomic E-state index is 10.6. The van der Waals surface area contributed by atoms with E-state index in [0.717, 1.165) is 12.8 Å². The number of carbonyl (C=O) groups is 1. The molecule has 4 nitrogen and oxygen atoms in total. The highest BCUT2D eigenvalue weighted by atomic mass is 16.5. The Morgan fingerprint density at radius 3 is 2.67 bits per heavy atom. The van der Waals surface area contributed by atoms with Crippen molar-refractivity contribution in [3.8, 4) is 0 Å². The zero-order valence-electron chi connectivity index (χ0n) is 7.41. The molecule has 0 unspecified atom stereocenters. The van der Waals surface area contributed by atoms with Crippen molar-refractivity contribution < 1.29 is 19.4 Å². The van der Waals surface area contributed by atoms with E-state index in [0.29, 0.717) is 19.6 Å². The Hall–Kier alpha value is -0.610. The molecule has 0 spiro atoms. The van der Waals surface area contributed by atoms with Crippen LogP contribution in [0, 0.1) is 0 Å². The highest BCUT2D eigenvalue weighted by Crippen LogP contribution is 1.96. The molecule has 0 atom stereocenters. The minimum atomic E-state index is -0.183. The van der Waals surface area contributed by atoms with Crippen molar-refractivity contribution in [3.63, 3.8) is 0 Å². The lowest BCUT2D eigenvalue weighted by Gasteiger charge is -2.01. The molecule has 0 aromatic rings. The summed E-state index contributed by atoms with van der Waals surface area (Å²) in [6.45, 7) is 1.02. The van der Waals surface area contributed by atoms with Crippen LogP contribution in [0.2, 0.25) is 0 Å². The Labute approximate surface area is 72.5 Å². The van der Waals surface area contributed by atoms with Crippen molar-refractivity contribution in [2.45, 2.75) is 19.3 Å². The third-order valence-electron chi connectivity index (χ3n) is 1.38. The second kappa shape index (κ2) is 8.49. The van der Waals surface area contributed by atoms with Gasteiger partial charge < -0.3 is 14.6 Å². The number of ether oxygens (including phenoxy) is 2. The predicted molar refractivity (Wildman–Crippen MR) is 43.8 cm³/mol. The third-order valence-corrected chi connectivity index (χ3v) is 1.38. The summed E-state index contributed by atoms with van der Waals surface area (Å²) in [6, 6.07) is 0. The van der Waals surface area contributed by atoms with Crippen LogP contribution in [0.15, 0.2) is 0 Å². The summed E-state index contributed by atoms with van der Waals surface area (Å²) in [4.78, 5) is 10.6. The summed E-state index contributed by atoms with van der Waals surface area (Å²) < 4.78 is 9.45. The molecule has 0 rings (SSSR count). The van der Waals surface area contributed by atoms with Crippen LogP contribution in [0.1, 0.15) is 19.3 Å². The maximum absolute atomic E-state index is 10.6. The third kappa shape index (κ3) is 7.50. The van der Waals surface area contributed by atoms with E-state index >= 15 is 0 Å². The van der Waals surface area contributed by atoms with Crippen molar-refractivity contribution in [1.82, 2.24) is 0 Å². The van der Waals surface area contributed by atoms with Gasteiger partial charge in [-0.2, -0.15) is 0 Å². The number of hydrogen-bond donors (Lipinski definition) is 1. The molecule has 0 saturated heterocycles. The number of aliphatic hydroxyl groups is 1. The summed E-state index contributed by atoms with van der Waals surface area (Å²) in [5.74, 6) is -0.183. The van der Waals surface area contributed by atoms with Crippen LogP contribution in [-0.4, -0.2) is 38.0 Å². The van der Waals surface area contributed by atoms with E-state index in [2.05, 4.69) is 4.74 Å². The van der Waals surface area contributed by atoms with Crippen LogP contribution >= 0.6 is 0 Å². The van der Waals surface area contributed by atoms with Crippen LogP contribution in [0.5, 0.6) is 0 Å². The number of unbranched alkanes of at least 4 members (excludes halogenated alkanes) is 1. The lowest BCUT2D eigenvalue weighted by Crippen LogP contribution is -2.03. The first kappa shape index (κ1) is 11.4. The first-order chi connectivity index (χ1) is 5.81. The van der Waals surface area contributed by atoms with Crippen LogP contribution in [0.4, 0.5) is 0 Å². The van der Waals surface area contributed by atoms with E-state index in [1.165, 1.54) is 7.11 Å². The molecular formula is C8H16O4. The predicted octanol–water partition coefficient (Wildman–Crippen LogP) is 0.339. The van der Waals surface area contributed by atoms with Gasteiger partial charge in [-0.1, -0.05) is 0 Å². The summed E-state index contributed by atoms with van der Waals surface area (Å²) in [7, 11) is 1.38. The van der Waals surface area contributed by atoms with Crippen LogP contribution < -0.4 is 0 Å². The molecule has 0 aromatic heterocycles. The highest BCUT2D eigenvalue weighted by molar-refractivity contribution is 5.68. The fourth-order valence-corrected chi connectivity index (χ4v) is 0.742. The van der Waals surface area contributed by atoms with Crippen molar-refractivity contribution in [3.05, 3.63) is 0 Å². The number of methoxy groups -OCH3 is 1. The minimum Gasteiger partial charge on any atom is -0.469 e. The van der Waals surface area contributed by atoms with Gasteiger partial charge in [-0.3, -0.25) is 4.79 Å². The minimum absolute atomic E-state index is 0.0526. The summed E-state index contributed by atoms with van der Waals surface area (Å²) >= 11 is 0. The quantitative estimate of drug-likeness (QED) is 0.449. The summed E-state index contributed by atoms with van der Waals surface area (Å²) in [5, 5.41) is 8.35. The van der Waals surface area contributed by atoms with E-state index in [4.69, 9.17) is 9.84 Å². The zero-order valence-corrected chi connectivity index (χ0v) is 7.41. The molecule has 12 heavy (non-hydrogen) atoms. The monoisotopic (exact) mass is 176 g/mol. The molecule has 72 valence electrons. The number of esters is 1. The Morgan fingerprint density at radius 2 is 2.08 bits per heavy atom. The largest absolute Gasteiger partial charge is 0.469 e. The molecule has 0 radical (unpaired) electrons. The van der Waals surface area contributed by atoms with Crippen molar-refractivity contribution in [2.24, 2.45) is 0 Å². The van der Waals surface area contributed by atoms with Gasteiger partial charge in [0.25, 0.3) is 0 Å².